The zero-order valence-electron chi connectivity index (χ0n) is 10.8. The van der Waals surface area contributed by atoms with E-state index in [4.69, 9.17) is 4.74 Å². The standard InChI is InChI=1S/C14H19FO2/c1-5-14(6-2,17-4)13(16)11-8-7-10(3)12(15)9-11/h7-9H,5-6H2,1-4H3. The first-order valence-corrected chi connectivity index (χ1v) is 5.86. The van der Waals surface area contributed by atoms with E-state index in [-0.39, 0.29) is 11.6 Å². The van der Waals surface area contributed by atoms with Gasteiger partial charge in [-0.2, -0.15) is 0 Å². The lowest BCUT2D eigenvalue weighted by atomic mass is 9.87. The van der Waals surface area contributed by atoms with Gasteiger partial charge in [-0.3, -0.25) is 4.79 Å². The maximum absolute atomic E-state index is 13.4. The third-order valence-corrected chi connectivity index (χ3v) is 3.38. The maximum atomic E-state index is 13.4. The van der Waals surface area contributed by atoms with Gasteiger partial charge in [0.1, 0.15) is 11.4 Å². The van der Waals surface area contributed by atoms with Gasteiger partial charge in [-0.25, -0.2) is 4.39 Å². The number of rotatable bonds is 5. The molecule has 1 aromatic carbocycles. The van der Waals surface area contributed by atoms with Crippen LogP contribution in [-0.2, 0) is 4.74 Å². The molecule has 0 spiro atoms. The molecule has 17 heavy (non-hydrogen) atoms. The molecule has 0 aliphatic rings. The van der Waals surface area contributed by atoms with E-state index in [0.717, 1.165) is 0 Å². The molecule has 0 fully saturated rings. The highest BCUT2D eigenvalue weighted by Gasteiger charge is 2.35. The van der Waals surface area contributed by atoms with Crippen LogP contribution >= 0.6 is 0 Å². The largest absolute Gasteiger partial charge is 0.370 e. The predicted molar refractivity (Wildman–Crippen MR) is 65.8 cm³/mol. The van der Waals surface area contributed by atoms with Crippen LogP contribution in [0.1, 0.15) is 42.6 Å². The van der Waals surface area contributed by atoms with E-state index in [0.29, 0.717) is 24.0 Å². The second-order valence-corrected chi connectivity index (χ2v) is 4.20. The molecule has 94 valence electrons. The number of hydrogen-bond donors (Lipinski definition) is 0. The van der Waals surface area contributed by atoms with Gasteiger partial charge in [0.05, 0.1) is 0 Å². The molecule has 0 heterocycles. The third-order valence-electron chi connectivity index (χ3n) is 3.38. The number of aryl methyl sites for hydroxylation is 1. The molecule has 0 atom stereocenters. The number of methoxy groups -OCH3 is 1. The van der Waals surface area contributed by atoms with Crippen LogP contribution in [0.2, 0.25) is 0 Å². The smallest absolute Gasteiger partial charge is 0.194 e. The summed E-state index contributed by atoms with van der Waals surface area (Å²) in [5.41, 5.74) is 0.0815. The van der Waals surface area contributed by atoms with Gasteiger partial charge in [-0.05, 0) is 31.4 Å². The first-order valence-electron chi connectivity index (χ1n) is 5.86. The number of carbonyl (C=O) groups is 1. The minimum absolute atomic E-state index is 0.149. The van der Waals surface area contributed by atoms with Gasteiger partial charge in [-0.15, -0.1) is 0 Å². The number of Topliss-reactive ketones (excluding diaryl/α,β-unsaturated/α-hetero) is 1. The molecule has 0 unspecified atom stereocenters. The monoisotopic (exact) mass is 238 g/mol. The lowest BCUT2D eigenvalue weighted by Crippen LogP contribution is -2.39. The molecule has 2 nitrogen and oxygen atoms in total. The van der Waals surface area contributed by atoms with E-state index in [1.54, 1.807) is 19.1 Å². The SMILES string of the molecule is CCC(CC)(OC)C(=O)c1ccc(C)c(F)c1. The summed E-state index contributed by atoms with van der Waals surface area (Å²) in [4.78, 5) is 12.3. The van der Waals surface area contributed by atoms with Crippen molar-refractivity contribution >= 4 is 5.78 Å². The van der Waals surface area contributed by atoms with Crippen LogP contribution in [0.25, 0.3) is 0 Å². The zero-order chi connectivity index (χ0) is 13.1. The van der Waals surface area contributed by atoms with Crippen molar-refractivity contribution in [2.75, 3.05) is 7.11 Å². The van der Waals surface area contributed by atoms with Crippen LogP contribution in [0.5, 0.6) is 0 Å². The first-order chi connectivity index (χ1) is 8.00. The highest BCUT2D eigenvalue weighted by atomic mass is 19.1. The van der Waals surface area contributed by atoms with E-state index in [1.807, 2.05) is 13.8 Å². The Labute approximate surface area is 102 Å². The average Bonchev–Trinajstić information content (AvgIpc) is 2.35. The van der Waals surface area contributed by atoms with Gasteiger partial charge in [0, 0.05) is 12.7 Å². The second kappa shape index (κ2) is 5.41. The van der Waals surface area contributed by atoms with Gasteiger partial charge < -0.3 is 4.74 Å². The Hall–Kier alpha value is -1.22. The van der Waals surface area contributed by atoms with E-state index in [2.05, 4.69) is 0 Å². The third kappa shape index (κ3) is 2.55. The summed E-state index contributed by atoms with van der Waals surface area (Å²) in [6.07, 6.45) is 1.16. The van der Waals surface area contributed by atoms with Crippen molar-refractivity contribution in [2.24, 2.45) is 0 Å². The van der Waals surface area contributed by atoms with Crippen LogP contribution in [0.3, 0.4) is 0 Å². The van der Waals surface area contributed by atoms with Crippen molar-refractivity contribution in [1.82, 2.24) is 0 Å². The first kappa shape index (κ1) is 13.8. The predicted octanol–water partition coefficient (Wildman–Crippen LogP) is 3.52. The summed E-state index contributed by atoms with van der Waals surface area (Å²) >= 11 is 0. The fourth-order valence-corrected chi connectivity index (χ4v) is 1.95. The summed E-state index contributed by atoms with van der Waals surface area (Å²) < 4.78 is 18.8. The van der Waals surface area contributed by atoms with Gasteiger partial charge in [0.15, 0.2) is 5.78 Å². The van der Waals surface area contributed by atoms with Crippen molar-refractivity contribution in [1.29, 1.82) is 0 Å². The van der Waals surface area contributed by atoms with E-state index < -0.39 is 5.60 Å². The quantitative estimate of drug-likeness (QED) is 0.734. The van der Waals surface area contributed by atoms with E-state index in [9.17, 15) is 9.18 Å². The maximum Gasteiger partial charge on any atom is 0.194 e. The van der Waals surface area contributed by atoms with Gasteiger partial charge in [0.2, 0.25) is 0 Å². The normalized spacial score (nSPS) is 11.6. The topological polar surface area (TPSA) is 26.3 Å². The summed E-state index contributed by atoms with van der Waals surface area (Å²) in [6.45, 7) is 5.47. The Kier molecular flexibility index (Phi) is 4.40. The molecular formula is C14H19FO2. The van der Waals surface area contributed by atoms with Crippen molar-refractivity contribution in [3.63, 3.8) is 0 Å². The Morgan fingerprint density at radius 1 is 1.35 bits per heavy atom. The lowest BCUT2D eigenvalue weighted by Gasteiger charge is -2.28. The fourth-order valence-electron chi connectivity index (χ4n) is 1.95. The Morgan fingerprint density at radius 3 is 2.35 bits per heavy atom. The van der Waals surface area contributed by atoms with Gasteiger partial charge in [0.25, 0.3) is 0 Å². The van der Waals surface area contributed by atoms with Gasteiger partial charge >= 0.3 is 0 Å². The Bertz CT molecular complexity index is 400. The van der Waals surface area contributed by atoms with E-state index in [1.165, 1.54) is 13.2 Å². The van der Waals surface area contributed by atoms with Crippen LogP contribution in [0.4, 0.5) is 4.39 Å². The molecule has 0 radical (unpaired) electrons. The van der Waals surface area contributed by atoms with Crippen molar-refractivity contribution in [3.05, 3.63) is 35.1 Å². The number of hydrogen-bond acceptors (Lipinski definition) is 2. The van der Waals surface area contributed by atoms with Gasteiger partial charge in [-0.1, -0.05) is 26.0 Å². The summed E-state index contributed by atoms with van der Waals surface area (Å²) in [6, 6.07) is 4.56. The van der Waals surface area contributed by atoms with Crippen LogP contribution in [0, 0.1) is 12.7 Å². The van der Waals surface area contributed by atoms with Crippen LogP contribution in [-0.4, -0.2) is 18.5 Å². The molecule has 3 heteroatoms. The molecule has 0 bridgehead atoms. The minimum Gasteiger partial charge on any atom is -0.370 e. The van der Waals surface area contributed by atoms with Crippen molar-refractivity contribution in [3.8, 4) is 0 Å². The molecule has 0 aromatic heterocycles. The summed E-state index contributed by atoms with van der Waals surface area (Å²) in [7, 11) is 1.52. The number of benzene rings is 1. The number of carbonyl (C=O) groups excluding carboxylic acids is 1. The highest BCUT2D eigenvalue weighted by molar-refractivity contribution is 6.02. The van der Waals surface area contributed by atoms with Crippen LogP contribution in [0.15, 0.2) is 18.2 Å². The van der Waals surface area contributed by atoms with Crippen LogP contribution < -0.4 is 0 Å². The number of ether oxygens (including phenoxy) is 1. The molecule has 0 aliphatic heterocycles. The van der Waals surface area contributed by atoms with E-state index >= 15 is 0 Å². The number of halogens is 1. The van der Waals surface area contributed by atoms with Crippen molar-refractivity contribution < 1.29 is 13.9 Å². The Balaban J connectivity index is 3.14. The molecule has 0 saturated heterocycles. The molecule has 0 saturated carbocycles. The average molecular weight is 238 g/mol. The molecule has 0 amide bonds. The molecule has 0 aliphatic carbocycles. The highest BCUT2D eigenvalue weighted by Crippen LogP contribution is 2.25. The number of ketones is 1. The molecule has 0 N–H and O–H groups in total. The fraction of sp³-hybridized carbons (Fsp3) is 0.500. The summed E-state index contributed by atoms with van der Waals surface area (Å²) in [5.74, 6) is -0.503. The Morgan fingerprint density at radius 2 is 1.94 bits per heavy atom. The molecule has 1 aromatic rings. The summed E-state index contributed by atoms with van der Waals surface area (Å²) in [5, 5.41) is 0. The van der Waals surface area contributed by atoms with Crippen molar-refractivity contribution in [2.45, 2.75) is 39.2 Å². The second-order valence-electron chi connectivity index (χ2n) is 4.20. The zero-order valence-corrected chi connectivity index (χ0v) is 10.8. The lowest BCUT2D eigenvalue weighted by molar-refractivity contribution is -0.00263. The minimum atomic E-state index is -0.832. The molecular weight excluding hydrogens is 219 g/mol. The molecule has 1 rings (SSSR count).